The normalized spacial score (nSPS) is 17.7. The average Bonchev–Trinajstić information content (AvgIpc) is 3.11. The SMILES string of the molecule is CC1CCCCN1CCCNC(=O)CCNC(=O)c1n[nH]c2ccccc12. The number of carbonyl (C=O) groups is 2. The third kappa shape index (κ3) is 5.29. The van der Waals surface area contributed by atoms with E-state index in [1.807, 2.05) is 24.3 Å². The summed E-state index contributed by atoms with van der Waals surface area (Å²) < 4.78 is 0. The number of para-hydroxylation sites is 1. The highest BCUT2D eigenvalue weighted by molar-refractivity contribution is 6.04. The van der Waals surface area contributed by atoms with Crippen molar-refractivity contribution >= 4 is 22.7 Å². The van der Waals surface area contributed by atoms with E-state index < -0.39 is 0 Å². The summed E-state index contributed by atoms with van der Waals surface area (Å²) in [5.41, 5.74) is 1.19. The molecule has 7 nitrogen and oxygen atoms in total. The summed E-state index contributed by atoms with van der Waals surface area (Å²) in [6, 6.07) is 8.13. The molecule has 0 saturated carbocycles. The molecule has 2 amide bonds. The van der Waals surface area contributed by atoms with Crippen LogP contribution in [-0.4, -0.2) is 59.1 Å². The zero-order valence-corrected chi connectivity index (χ0v) is 16.0. The third-order valence-electron chi connectivity index (χ3n) is 5.21. The summed E-state index contributed by atoms with van der Waals surface area (Å²) in [7, 11) is 0. The number of hydrogen-bond acceptors (Lipinski definition) is 4. The molecule has 2 heterocycles. The summed E-state index contributed by atoms with van der Waals surface area (Å²) in [6.07, 6.45) is 5.11. The predicted octanol–water partition coefficient (Wildman–Crippen LogP) is 2.06. The number of piperidine rings is 1. The molecule has 1 saturated heterocycles. The molecule has 1 aliphatic heterocycles. The molecule has 0 aliphatic carbocycles. The smallest absolute Gasteiger partial charge is 0.272 e. The molecule has 27 heavy (non-hydrogen) atoms. The molecule has 7 heteroatoms. The largest absolute Gasteiger partial charge is 0.356 e. The lowest BCUT2D eigenvalue weighted by atomic mass is 10.0. The maximum atomic E-state index is 12.2. The predicted molar refractivity (Wildman–Crippen MR) is 106 cm³/mol. The quantitative estimate of drug-likeness (QED) is 0.620. The lowest BCUT2D eigenvalue weighted by molar-refractivity contribution is -0.120. The zero-order valence-electron chi connectivity index (χ0n) is 16.0. The second kappa shape index (κ2) is 9.50. The fourth-order valence-electron chi connectivity index (χ4n) is 3.60. The highest BCUT2D eigenvalue weighted by Crippen LogP contribution is 2.16. The van der Waals surface area contributed by atoms with Gasteiger partial charge in [-0.2, -0.15) is 5.10 Å². The van der Waals surface area contributed by atoms with Gasteiger partial charge in [0, 0.05) is 37.5 Å². The zero-order chi connectivity index (χ0) is 19.1. The van der Waals surface area contributed by atoms with Crippen LogP contribution in [0.5, 0.6) is 0 Å². The first-order valence-corrected chi connectivity index (χ1v) is 9.87. The Labute approximate surface area is 159 Å². The van der Waals surface area contributed by atoms with Gasteiger partial charge in [-0.15, -0.1) is 0 Å². The minimum Gasteiger partial charge on any atom is -0.356 e. The van der Waals surface area contributed by atoms with E-state index in [0.29, 0.717) is 24.8 Å². The van der Waals surface area contributed by atoms with Crippen LogP contribution in [0.1, 0.15) is 49.5 Å². The first kappa shape index (κ1) is 19.4. The van der Waals surface area contributed by atoms with Gasteiger partial charge < -0.3 is 15.5 Å². The van der Waals surface area contributed by atoms with Gasteiger partial charge in [-0.25, -0.2) is 0 Å². The number of amides is 2. The van der Waals surface area contributed by atoms with Crippen LogP contribution in [0.3, 0.4) is 0 Å². The average molecular weight is 371 g/mol. The van der Waals surface area contributed by atoms with E-state index in [1.54, 1.807) is 0 Å². The molecule has 1 fully saturated rings. The number of aromatic nitrogens is 2. The molecule has 0 radical (unpaired) electrons. The Bertz CT molecular complexity index is 773. The van der Waals surface area contributed by atoms with Crippen molar-refractivity contribution in [1.82, 2.24) is 25.7 Å². The number of fused-ring (bicyclic) bond motifs is 1. The van der Waals surface area contributed by atoms with Gasteiger partial charge in [0.25, 0.3) is 5.91 Å². The monoisotopic (exact) mass is 371 g/mol. The van der Waals surface area contributed by atoms with E-state index in [4.69, 9.17) is 0 Å². The Morgan fingerprint density at radius 3 is 2.93 bits per heavy atom. The van der Waals surface area contributed by atoms with Crippen LogP contribution in [0.2, 0.25) is 0 Å². The van der Waals surface area contributed by atoms with Crippen molar-refractivity contribution in [2.24, 2.45) is 0 Å². The van der Waals surface area contributed by atoms with Crippen LogP contribution in [-0.2, 0) is 4.79 Å². The van der Waals surface area contributed by atoms with Crippen LogP contribution >= 0.6 is 0 Å². The van der Waals surface area contributed by atoms with Crippen molar-refractivity contribution in [3.63, 3.8) is 0 Å². The van der Waals surface area contributed by atoms with Crippen molar-refractivity contribution in [3.05, 3.63) is 30.0 Å². The highest BCUT2D eigenvalue weighted by Gasteiger charge is 2.17. The van der Waals surface area contributed by atoms with E-state index in [2.05, 4.69) is 32.7 Å². The molecule has 146 valence electrons. The number of likely N-dealkylation sites (tertiary alicyclic amines) is 1. The minimum atomic E-state index is -0.265. The number of H-pyrrole nitrogens is 1. The topological polar surface area (TPSA) is 90.1 Å². The van der Waals surface area contributed by atoms with Gasteiger partial charge in [0.05, 0.1) is 5.52 Å². The molecule has 1 aromatic carbocycles. The molecular weight excluding hydrogens is 342 g/mol. The van der Waals surface area contributed by atoms with Crippen LogP contribution in [0.4, 0.5) is 0 Å². The lowest BCUT2D eigenvalue weighted by Gasteiger charge is -2.33. The maximum Gasteiger partial charge on any atom is 0.272 e. The molecule has 1 aliphatic rings. The molecule has 1 unspecified atom stereocenters. The number of hydrogen-bond donors (Lipinski definition) is 3. The molecular formula is C20H29N5O2. The van der Waals surface area contributed by atoms with Crippen LogP contribution in [0, 0.1) is 0 Å². The fraction of sp³-hybridized carbons (Fsp3) is 0.550. The second-order valence-electron chi connectivity index (χ2n) is 7.21. The van der Waals surface area contributed by atoms with Gasteiger partial charge in [0.2, 0.25) is 5.91 Å². The Hall–Kier alpha value is -2.41. The van der Waals surface area contributed by atoms with Crippen molar-refractivity contribution in [3.8, 4) is 0 Å². The molecule has 0 bridgehead atoms. The number of nitrogens with one attached hydrogen (secondary N) is 3. The Kier molecular flexibility index (Phi) is 6.81. The fourth-order valence-corrected chi connectivity index (χ4v) is 3.60. The summed E-state index contributed by atoms with van der Waals surface area (Å²) in [4.78, 5) is 26.7. The van der Waals surface area contributed by atoms with Crippen molar-refractivity contribution in [2.45, 2.75) is 45.1 Å². The van der Waals surface area contributed by atoms with E-state index >= 15 is 0 Å². The van der Waals surface area contributed by atoms with Gasteiger partial charge in [0.15, 0.2) is 5.69 Å². The molecule has 1 atom stereocenters. The van der Waals surface area contributed by atoms with Gasteiger partial charge in [0.1, 0.15) is 0 Å². The summed E-state index contributed by atoms with van der Waals surface area (Å²) in [6.45, 7) is 5.46. The van der Waals surface area contributed by atoms with E-state index in [1.165, 1.54) is 25.8 Å². The van der Waals surface area contributed by atoms with E-state index in [9.17, 15) is 9.59 Å². The van der Waals surface area contributed by atoms with Gasteiger partial charge in [-0.05, 0) is 38.8 Å². The van der Waals surface area contributed by atoms with Crippen molar-refractivity contribution < 1.29 is 9.59 Å². The lowest BCUT2D eigenvalue weighted by Crippen LogP contribution is -2.39. The molecule has 0 spiro atoms. The van der Waals surface area contributed by atoms with Gasteiger partial charge in [-0.3, -0.25) is 14.7 Å². The van der Waals surface area contributed by atoms with Crippen LogP contribution < -0.4 is 10.6 Å². The Balaban J connectivity index is 1.32. The molecule has 3 rings (SSSR count). The third-order valence-corrected chi connectivity index (χ3v) is 5.21. The first-order valence-electron chi connectivity index (χ1n) is 9.87. The molecule has 2 aromatic rings. The minimum absolute atomic E-state index is 0.0334. The highest BCUT2D eigenvalue weighted by atomic mass is 16.2. The second-order valence-corrected chi connectivity index (χ2v) is 7.21. The summed E-state index contributed by atoms with van der Waals surface area (Å²) >= 11 is 0. The number of nitrogens with zero attached hydrogens (tertiary/aromatic N) is 2. The number of carbonyl (C=O) groups excluding carboxylic acids is 2. The van der Waals surface area contributed by atoms with Crippen LogP contribution in [0.25, 0.3) is 10.9 Å². The van der Waals surface area contributed by atoms with Gasteiger partial charge in [-0.1, -0.05) is 24.6 Å². The summed E-state index contributed by atoms with van der Waals surface area (Å²) in [5.74, 6) is -0.298. The number of benzene rings is 1. The Morgan fingerprint density at radius 1 is 1.22 bits per heavy atom. The van der Waals surface area contributed by atoms with Crippen LogP contribution in [0.15, 0.2) is 24.3 Å². The molecule has 3 N–H and O–H groups in total. The summed E-state index contributed by atoms with van der Waals surface area (Å²) in [5, 5.41) is 13.4. The molecule has 1 aromatic heterocycles. The Morgan fingerprint density at radius 2 is 2.07 bits per heavy atom. The maximum absolute atomic E-state index is 12.2. The van der Waals surface area contributed by atoms with E-state index in [-0.39, 0.29) is 18.2 Å². The standard InChI is InChI=1S/C20H29N5O2/c1-15-7-4-5-13-25(15)14-6-11-21-18(26)10-12-22-20(27)19-16-8-2-3-9-17(16)23-24-19/h2-3,8-9,15H,4-7,10-14H2,1H3,(H,21,26)(H,22,27)(H,23,24). The number of aromatic amines is 1. The van der Waals surface area contributed by atoms with Crippen molar-refractivity contribution in [1.29, 1.82) is 0 Å². The van der Waals surface area contributed by atoms with E-state index in [0.717, 1.165) is 23.9 Å². The number of rotatable bonds is 8. The first-order chi connectivity index (χ1) is 13.1. The van der Waals surface area contributed by atoms with Crippen molar-refractivity contribution in [2.75, 3.05) is 26.2 Å². The van der Waals surface area contributed by atoms with Gasteiger partial charge >= 0.3 is 0 Å².